The van der Waals surface area contributed by atoms with Crippen LogP contribution in [0.15, 0.2) is 24.3 Å². The molecule has 0 bridgehead atoms. The molecule has 0 fully saturated rings. The summed E-state index contributed by atoms with van der Waals surface area (Å²) in [5.41, 5.74) is 5.43. The van der Waals surface area contributed by atoms with Crippen LogP contribution in [0.2, 0.25) is 0 Å². The minimum atomic E-state index is -4.57. The zero-order valence-corrected chi connectivity index (χ0v) is 11.9. The number of nitrogen functional groups attached to an aromatic ring is 1. The normalized spacial score (nSPS) is 11.3. The van der Waals surface area contributed by atoms with E-state index < -0.39 is 11.9 Å². The van der Waals surface area contributed by atoms with Crippen LogP contribution in [0.1, 0.15) is 16.8 Å². The van der Waals surface area contributed by atoms with Gasteiger partial charge in [0.05, 0.1) is 14.2 Å². The van der Waals surface area contributed by atoms with Crippen molar-refractivity contribution < 1.29 is 22.6 Å². The van der Waals surface area contributed by atoms with Crippen LogP contribution in [0.5, 0.6) is 11.5 Å². The largest absolute Gasteiger partial charge is 0.497 e. The monoisotopic (exact) mass is 313 g/mol. The zero-order valence-electron chi connectivity index (χ0n) is 11.9. The van der Waals surface area contributed by atoms with E-state index in [-0.39, 0.29) is 17.8 Å². The number of ether oxygens (including phenoxy) is 2. The summed E-state index contributed by atoms with van der Waals surface area (Å²) in [5, 5.41) is 6.44. The number of methoxy groups -OCH3 is 2. The number of rotatable bonds is 4. The molecule has 0 saturated carbocycles. The second kappa shape index (κ2) is 6.08. The lowest BCUT2D eigenvalue weighted by Gasteiger charge is -2.12. The quantitative estimate of drug-likeness (QED) is 0.939. The van der Waals surface area contributed by atoms with Gasteiger partial charge in [0.1, 0.15) is 17.3 Å². The third-order valence-corrected chi connectivity index (χ3v) is 3.07. The molecule has 0 radical (unpaired) electrons. The molecule has 0 aliphatic carbocycles. The summed E-state index contributed by atoms with van der Waals surface area (Å²) in [6, 6.07) is 5.93. The Morgan fingerprint density at radius 1 is 1.05 bits per heavy atom. The second-order valence-electron chi connectivity index (χ2n) is 4.49. The Balaban J connectivity index is 2.38. The average Bonchev–Trinajstić information content (AvgIpc) is 2.48. The second-order valence-corrected chi connectivity index (χ2v) is 4.49. The highest BCUT2D eigenvalue weighted by Crippen LogP contribution is 2.31. The Hall–Kier alpha value is -2.51. The summed E-state index contributed by atoms with van der Waals surface area (Å²) >= 11 is 0. The van der Waals surface area contributed by atoms with Gasteiger partial charge in [-0.25, -0.2) is 0 Å². The summed E-state index contributed by atoms with van der Waals surface area (Å²) in [5.74, 6) is 1.02. The molecule has 0 aliphatic rings. The van der Waals surface area contributed by atoms with Crippen molar-refractivity contribution in [2.45, 2.75) is 12.6 Å². The molecule has 0 spiro atoms. The predicted octanol–water partition coefficient (Wildman–Crippen LogP) is 2.69. The minimum Gasteiger partial charge on any atom is -0.497 e. The molecule has 0 aliphatic heterocycles. The lowest BCUT2D eigenvalue weighted by Crippen LogP contribution is -2.12. The maximum atomic E-state index is 12.7. The first-order valence-electron chi connectivity index (χ1n) is 6.25. The lowest BCUT2D eigenvalue weighted by atomic mass is 10.0. The third-order valence-electron chi connectivity index (χ3n) is 3.07. The van der Waals surface area contributed by atoms with E-state index >= 15 is 0 Å². The average molecular weight is 313 g/mol. The van der Waals surface area contributed by atoms with Crippen molar-refractivity contribution in [1.82, 2.24) is 10.2 Å². The van der Waals surface area contributed by atoms with Crippen LogP contribution in [0, 0.1) is 0 Å². The number of nitrogens with two attached hydrogens (primary N) is 1. The molecule has 8 heteroatoms. The maximum absolute atomic E-state index is 12.7. The topological polar surface area (TPSA) is 70.3 Å². The van der Waals surface area contributed by atoms with Crippen molar-refractivity contribution in [3.63, 3.8) is 0 Å². The van der Waals surface area contributed by atoms with Crippen LogP contribution in [-0.4, -0.2) is 24.4 Å². The SMILES string of the molecule is COc1ccc(Cc2cc(C(F)(F)F)nnc2N)c(OC)c1. The van der Waals surface area contributed by atoms with E-state index in [0.29, 0.717) is 17.1 Å². The summed E-state index contributed by atoms with van der Waals surface area (Å²) in [6.45, 7) is 0. The molecule has 1 aromatic heterocycles. The molecule has 2 N–H and O–H groups in total. The van der Waals surface area contributed by atoms with Gasteiger partial charge in [-0.2, -0.15) is 13.2 Å². The highest BCUT2D eigenvalue weighted by molar-refractivity contribution is 5.48. The molecule has 2 rings (SSSR count). The van der Waals surface area contributed by atoms with Gasteiger partial charge in [-0.1, -0.05) is 6.07 Å². The van der Waals surface area contributed by atoms with E-state index in [9.17, 15) is 13.2 Å². The van der Waals surface area contributed by atoms with Crippen molar-refractivity contribution in [3.05, 3.63) is 41.1 Å². The Morgan fingerprint density at radius 3 is 2.36 bits per heavy atom. The van der Waals surface area contributed by atoms with Gasteiger partial charge in [0, 0.05) is 18.1 Å². The first-order chi connectivity index (χ1) is 10.3. The van der Waals surface area contributed by atoms with Crippen molar-refractivity contribution in [3.8, 4) is 11.5 Å². The molecule has 118 valence electrons. The molecule has 2 aromatic rings. The van der Waals surface area contributed by atoms with E-state index in [4.69, 9.17) is 15.2 Å². The highest BCUT2D eigenvalue weighted by Gasteiger charge is 2.33. The fraction of sp³-hybridized carbons (Fsp3) is 0.286. The van der Waals surface area contributed by atoms with E-state index in [1.165, 1.54) is 14.2 Å². The van der Waals surface area contributed by atoms with Gasteiger partial charge in [-0.15, -0.1) is 10.2 Å². The molecule has 1 aromatic carbocycles. The molecule has 0 atom stereocenters. The van der Waals surface area contributed by atoms with E-state index in [0.717, 1.165) is 6.07 Å². The molecule has 22 heavy (non-hydrogen) atoms. The number of nitrogens with zero attached hydrogens (tertiary/aromatic N) is 2. The first kappa shape index (κ1) is 15.9. The molecule has 5 nitrogen and oxygen atoms in total. The van der Waals surface area contributed by atoms with Gasteiger partial charge in [-0.05, 0) is 17.7 Å². The maximum Gasteiger partial charge on any atom is 0.435 e. The number of hydrogen-bond acceptors (Lipinski definition) is 5. The van der Waals surface area contributed by atoms with Gasteiger partial charge >= 0.3 is 6.18 Å². The summed E-state index contributed by atoms with van der Waals surface area (Å²) < 4.78 is 48.4. The summed E-state index contributed by atoms with van der Waals surface area (Å²) in [7, 11) is 2.97. The number of hydrogen-bond donors (Lipinski definition) is 1. The standard InChI is InChI=1S/C14H14F3N3O2/c1-21-10-4-3-8(11(7-10)22-2)5-9-6-12(14(15,16)17)19-20-13(9)18/h3-4,6-7H,5H2,1-2H3,(H2,18,20). The van der Waals surface area contributed by atoms with Crippen molar-refractivity contribution in [2.24, 2.45) is 0 Å². The zero-order chi connectivity index (χ0) is 16.3. The summed E-state index contributed by atoms with van der Waals surface area (Å²) in [6.07, 6.45) is -4.43. The van der Waals surface area contributed by atoms with Gasteiger partial charge in [0.25, 0.3) is 0 Å². The smallest absolute Gasteiger partial charge is 0.435 e. The van der Waals surface area contributed by atoms with Gasteiger partial charge in [-0.3, -0.25) is 0 Å². The molecule has 0 unspecified atom stereocenters. The van der Waals surface area contributed by atoms with Crippen LogP contribution in [0.3, 0.4) is 0 Å². The Morgan fingerprint density at radius 2 is 1.77 bits per heavy atom. The Labute approximate surface area is 124 Å². The van der Waals surface area contributed by atoms with Crippen LogP contribution in [-0.2, 0) is 12.6 Å². The van der Waals surface area contributed by atoms with Crippen molar-refractivity contribution >= 4 is 5.82 Å². The minimum absolute atomic E-state index is 0.0501. The van der Waals surface area contributed by atoms with Crippen molar-refractivity contribution in [1.29, 1.82) is 0 Å². The van der Waals surface area contributed by atoms with Crippen LogP contribution in [0.25, 0.3) is 0 Å². The van der Waals surface area contributed by atoms with E-state index in [2.05, 4.69) is 10.2 Å². The molecule has 1 heterocycles. The fourth-order valence-corrected chi connectivity index (χ4v) is 1.92. The molecular weight excluding hydrogens is 299 g/mol. The number of aromatic nitrogens is 2. The highest BCUT2D eigenvalue weighted by atomic mass is 19.4. The van der Waals surface area contributed by atoms with Gasteiger partial charge < -0.3 is 15.2 Å². The number of halogens is 3. The van der Waals surface area contributed by atoms with E-state index in [1.54, 1.807) is 18.2 Å². The van der Waals surface area contributed by atoms with Crippen LogP contribution < -0.4 is 15.2 Å². The molecule has 0 amide bonds. The van der Waals surface area contributed by atoms with Crippen molar-refractivity contribution in [2.75, 3.05) is 20.0 Å². The van der Waals surface area contributed by atoms with E-state index in [1.807, 2.05) is 0 Å². The number of benzene rings is 1. The fourth-order valence-electron chi connectivity index (χ4n) is 1.92. The Bertz CT molecular complexity index is 675. The molecule has 0 saturated heterocycles. The van der Waals surface area contributed by atoms with Crippen LogP contribution >= 0.6 is 0 Å². The van der Waals surface area contributed by atoms with Crippen LogP contribution in [0.4, 0.5) is 19.0 Å². The summed E-state index contributed by atoms with van der Waals surface area (Å²) in [4.78, 5) is 0. The first-order valence-corrected chi connectivity index (χ1v) is 6.25. The third kappa shape index (κ3) is 3.38. The van der Waals surface area contributed by atoms with Gasteiger partial charge in [0.15, 0.2) is 5.69 Å². The van der Waals surface area contributed by atoms with Gasteiger partial charge in [0.2, 0.25) is 0 Å². The predicted molar refractivity (Wildman–Crippen MR) is 73.8 cm³/mol. The lowest BCUT2D eigenvalue weighted by molar-refractivity contribution is -0.141. The Kier molecular flexibility index (Phi) is 4.39. The number of anilines is 1. The molecular formula is C14H14F3N3O2. The number of alkyl halides is 3.